The van der Waals surface area contributed by atoms with E-state index in [2.05, 4.69) is 0 Å². The van der Waals surface area contributed by atoms with E-state index in [9.17, 15) is 13.5 Å². The smallest absolute Gasteiger partial charge is 0.200 e. The Bertz CT molecular complexity index is 791. The lowest BCUT2D eigenvalue weighted by molar-refractivity contribution is 0.341. The summed E-state index contributed by atoms with van der Waals surface area (Å²) in [5.74, 6) is 0.359. The average molecular weight is 288 g/mol. The molecule has 0 aliphatic carbocycles. The molecule has 5 heteroatoms. The topological polar surface area (TPSA) is 63.6 Å². The van der Waals surface area contributed by atoms with Crippen LogP contribution >= 0.6 is 0 Å². The van der Waals surface area contributed by atoms with Gasteiger partial charge in [0.15, 0.2) is 11.5 Å². The highest BCUT2D eigenvalue weighted by Crippen LogP contribution is 2.34. The van der Waals surface area contributed by atoms with E-state index in [1.807, 2.05) is 0 Å². The first-order valence-corrected chi connectivity index (χ1v) is 7.58. The standard InChI is InChI=1S/C15H12O4S/c16-13-6-2-3-7-14(13)19-9-11-10-20(17,18)15-8-4-1-5-12(11)15/h1-8,10,16H,9H2. The van der Waals surface area contributed by atoms with Crippen LogP contribution in [0.15, 0.2) is 58.8 Å². The number of para-hydroxylation sites is 2. The predicted molar refractivity (Wildman–Crippen MR) is 75.2 cm³/mol. The number of hydrogen-bond acceptors (Lipinski definition) is 4. The number of benzene rings is 2. The van der Waals surface area contributed by atoms with Crippen LogP contribution in [0.1, 0.15) is 5.56 Å². The van der Waals surface area contributed by atoms with Crippen LogP contribution in [-0.4, -0.2) is 20.1 Å². The van der Waals surface area contributed by atoms with Crippen molar-refractivity contribution in [1.29, 1.82) is 0 Å². The lowest BCUT2D eigenvalue weighted by atomic mass is 10.1. The fourth-order valence-electron chi connectivity index (χ4n) is 2.14. The van der Waals surface area contributed by atoms with E-state index in [0.29, 0.717) is 21.8 Å². The third-order valence-corrected chi connectivity index (χ3v) is 4.65. The van der Waals surface area contributed by atoms with Gasteiger partial charge in [0.05, 0.1) is 4.90 Å². The van der Waals surface area contributed by atoms with Gasteiger partial charge in [-0.1, -0.05) is 30.3 Å². The summed E-state index contributed by atoms with van der Waals surface area (Å²) < 4.78 is 29.4. The average Bonchev–Trinajstić information content (AvgIpc) is 2.70. The summed E-state index contributed by atoms with van der Waals surface area (Å²) >= 11 is 0. The molecule has 102 valence electrons. The van der Waals surface area contributed by atoms with Crippen molar-refractivity contribution in [3.8, 4) is 11.5 Å². The Kier molecular flexibility index (Phi) is 2.99. The molecule has 0 unspecified atom stereocenters. The molecule has 0 fully saturated rings. The Balaban J connectivity index is 1.88. The van der Waals surface area contributed by atoms with Crippen molar-refractivity contribution in [1.82, 2.24) is 0 Å². The molecule has 1 aliphatic heterocycles. The molecule has 0 aromatic heterocycles. The Morgan fingerprint density at radius 1 is 1.00 bits per heavy atom. The Hall–Kier alpha value is -2.27. The molecule has 4 nitrogen and oxygen atoms in total. The van der Waals surface area contributed by atoms with Crippen LogP contribution in [0.2, 0.25) is 0 Å². The van der Waals surface area contributed by atoms with Gasteiger partial charge in [-0.05, 0) is 18.2 Å². The van der Waals surface area contributed by atoms with E-state index in [4.69, 9.17) is 4.74 Å². The minimum atomic E-state index is -3.37. The fourth-order valence-corrected chi connectivity index (χ4v) is 3.61. The Morgan fingerprint density at radius 2 is 1.70 bits per heavy atom. The predicted octanol–water partition coefficient (Wildman–Crippen LogP) is 2.60. The molecule has 0 bridgehead atoms. The number of phenols is 1. The van der Waals surface area contributed by atoms with E-state index in [1.165, 1.54) is 11.5 Å². The van der Waals surface area contributed by atoms with Crippen molar-refractivity contribution >= 4 is 15.4 Å². The van der Waals surface area contributed by atoms with Crippen molar-refractivity contribution in [3.05, 3.63) is 59.5 Å². The SMILES string of the molecule is O=S1(=O)C=C(COc2ccccc2O)c2ccccc21. The van der Waals surface area contributed by atoms with E-state index >= 15 is 0 Å². The first-order chi connectivity index (χ1) is 9.58. The Labute approximate surface area is 116 Å². The van der Waals surface area contributed by atoms with Crippen LogP contribution in [0.25, 0.3) is 5.57 Å². The van der Waals surface area contributed by atoms with E-state index in [0.717, 1.165) is 0 Å². The van der Waals surface area contributed by atoms with Crippen molar-refractivity contribution in [2.75, 3.05) is 6.61 Å². The van der Waals surface area contributed by atoms with Gasteiger partial charge in [-0.15, -0.1) is 0 Å². The number of phenolic OH excluding ortho intramolecular Hbond substituents is 1. The molecule has 2 aromatic carbocycles. The van der Waals surface area contributed by atoms with E-state index in [1.54, 1.807) is 42.5 Å². The summed E-state index contributed by atoms with van der Waals surface area (Å²) in [6, 6.07) is 13.4. The van der Waals surface area contributed by atoms with Crippen LogP contribution in [0.5, 0.6) is 11.5 Å². The number of rotatable bonds is 3. The van der Waals surface area contributed by atoms with Gasteiger partial charge in [-0.25, -0.2) is 8.42 Å². The molecule has 0 radical (unpaired) electrons. The van der Waals surface area contributed by atoms with Gasteiger partial charge in [0, 0.05) is 16.5 Å². The van der Waals surface area contributed by atoms with Crippen molar-refractivity contribution in [2.45, 2.75) is 4.90 Å². The molecule has 2 aromatic rings. The summed E-state index contributed by atoms with van der Waals surface area (Å²) in [5.41, 5.74) is 1.24. The van der Waals surface area contributed by atoms with Crippen LogP contribution in [0.4, 0.5) is 0 Å². The van der Waals surface area contributed by atoms with Crippen LogP contribution in [0.3, 0.4) is 0 Å². The maximum absolute atomic E-state index is 12.0. The number of sulfone groups is 1. The van der Waals surface area contributed by atoms with Gasteiger partial charge >= 0.3 is 0 Å². The normalized spacial score (nSPS) is 15.5. The number of ether oxygens (including phenoxy) is 1. The van der Waals surface area contributed by atoms with Crippen LogP contribution in [0, 0.1) is 0 Å². The zero-order valence-corrected chi connectivity index (χ0v) is 11.3. The molecule has 0 saturated carbocycles. The highest BCUT2D eigenvalue weighted by molar-refractivity contribution is 7.95. The van der Waals surface area contributed by atoms with Gasteiger partial charge < -0.3 is 9.84 Å². The molecule has 0 amide bonds. The van der Waals surface area contributed by atoms with Crippen LogP contribution < -0.4 is 4.74 Å². The third kappa shape index (κ3) is 2.16. The van der Waals surface area contributed by atoms with Gasteiger partial charge in [0.2, 0.25) is 9.84 Å². The van der Waals surface area contributed by atoms with Gasteiger partial charge in [0.25, 0.3) is 0 Å². The maximum atomic E-state index is 12.0. The molecule has 1 aliphatic rings. The van der Waals surface area contributed by atoms with Crippen molar-refractivity contribution < 1.29 is 18.3 Å². The summed E-state index contributed by atoms with van der Waals surface area (Å²) in [6.07, 6.45) is 0. The van der Waals surface area contributed by atoms with E-state index < -0.39 is 9.84 Å². The summed E-state index contributed by atoms with van der Waals surface area (Å²) in [4.78, 5) is 0.302. The molecule has 1 heterocycles. The number of hydrogen-bond donors (Lipinski definition) is 1. The van der Waals surface area contributed by atoms with Crippen LogP contribution in [-0.2, 0) is 9.84 Å². The minimum absolute atomic E-state index is 0.0299. The molecule has 1 N–H and O–H groups in total. The lowest BCUT2D eigenvalue weighted by Crippen LogP contribution is -1.99. The van der Waals surface area contributed by atoms with Crippen molar-refractivity contribution in [2.24, 2.45) is 0 Å². The quantitative estimate of drug-likeness (QED) is 0.943. The molecule has 0 spiro atoms. The summed E-state index contributed by atoms with van der Waals surface area (Å²) in [6.45, 7) is 0.0911. The third-order valence-electron chi connectivity index (χ3n) is 3.09. The second-order valence-corrected chi connectivity index (χ2v) is 6.21. The zero-order valence-electron chi connectivity index (χ0n) is 10.5. The minimum Gasteiger partial charge on any atom is -0.504 e. The highest BCUT2D eigenvalue weighted by atomic mass is 32.2. The largest absolute Gasteiger partial charge is 0.504 e. The fraction of sp³-hybridized carbons (Fsp3) is 0.0667. The monoisotopic (exact) mass is 288 g/mol. The molecule has 0 saturated heterocycles. The summed E-state index contributed by atoms with van der Waals surface area (Å²) in [7, 11) is -3.37. The second kappa shape index (κ2) is 4.68. The van der Waals surface area contributed by atoms with Crippen molar-refractivity contribution in [3.63, 3.8) is 0 Å². The van der Waals surface area contributed by atoms with E-state index in [-0.39, 0.29) is 12.4 Å². The van der Waals surface area contributed by atoms with Gasteiger partial charge in [0.1, 0.15) is 6.61 Å². The molecule has 20 heavy (non-hydrogen) atoms. The molecule has 0 atom stereocenters. The summed E-state index contributed by atoms with van der Waals surface area (Å²) in [5, 5.41) is 10.8. The molecule has 3 rings (SSSR count). The maximum Gasteiger partial charge on any atom is 0.200 e. The number of aromatic hydroxyl groups is 1. The zero-order chi connectivity index (χ0) is 14.2. The Morgan fingerprint density at radius 3 is 2.50 bits per heavy atom. The molecular weight excluding hydrogens is 276 g/mol. The lowest BCUT2D eigenvalue weighted by Gasteiger charge is -2.08. The van der Waals surface area contributed by atoms with Gasteiger partial charge in [-0.3, -0.25) is 0 Å². The first kappa shape index (κ1) is 12.7. The first-order valence-electron chi connectivity index (χ1n) is 6.04. The molecular formula is C15H12O4S. The van der Waals surface area contributed by atoms with Gasteiger partial charge in [-0.2, -0.15) is 0 Å². The number of fused-ring (bicyclic) bond motifs is 1. The second-order valence-electron chi connectivity index (χ2n) is 4.44. The highest BCUT2D eigenvalue weighted by Gasteiger charge is 2.26.